The molecule has 0 bridgehead atoms. The Bertz CT molecular complexity index is 202. The van der Waals surface area contributed by atoms with Crippen molar-refractivity contribution in [2.24, 2.45) is 5.73 Å². The van der Waals surface area contributed by atoms with E-state index in [2.05, 4.69) is 10.6 Å². The lowest BCUT2D eigenvalue weighted by molar-refractivity contribution is -0.123. The highest BCUT2D eigenvalue weighted by atomic mass is 16.2. The highest BCUT2D eigenvalue weighted by Gasteiger charge is 2.07. The molecule has 0 rings (SSSR count). The molecule has 1 atom stereocenters. The zero-order chi connectivity index (χ0) is 11.1. The molecular formula is C9H19N3O2. The van der Waals surface area contributed by atoms with Gasteiger partial charge in [0.05, 0.1) is 6.04 Å². The maximum absolute atomic E-state index is 11.1. The van der Waals surface area contributed by atoms with Crippen LogP contribution in [0, 0.1) is 0 Å². The minimum atomic E-state index is -0.525. The number of hydrogen-bond donors (Lipinski definition) is 3. The lowest BCUT2D eigenvalue weighted by atomic mass is 10.3. The van der Waals surface area contributed by atoms with Crippen LogP contribution in [-0.4, -0.2) is 30.4 Å². The van der Waals surface area contributed by atoms with Crippen LogP contribution in [0.2, 0.25) is 0 Å². The van der Waals surface area contributed by atoms with Crippen LogP contribution in [0.3, 0.4) is 0 Å². The fourth-order valence-electron chi connectivity index (χ4n) is 0.854. The number of nitrogens with one attached hydrogen (secondary N) is 2. The minimum Gasteiger partial charge on any atom is -0.354 e. The molecule has 5 nitrogen and oxygen atoms in total. The van der Waals surface area contributed by atoms with Gasteiger partial charge in [-0.2, -0.15) is 0 Å². The van der Waals surface area contributed by atoms with E-state index >= 15 is 0 Å². The van der Waals surface area contributed by atoms with Gasteiger partial charge < -0.3 is 16.4 Å². The van der Waals surface area contributed by atoms with E-state index in [-0.39, 0.29) is 24.3 Å². The summed E-state index contributed by atoms with van der Waals surface area (Å²) in [5.74, 6) is -0.299. The Morgan fingerprint density at radius 3 is 2.29 bits per heavy atom. The molecule has 0 heterocycles. The zero-order valence-corrected chi connectivity index (χ0v) is 8.96. The van der Waals surface area contributed by atoms with Crippen LogP contribution in [0.4, 0.5) is 0 Å². The number of nitrogens with two attached hydrogens (primary N) is 1. The van der Waals surface area contributed by atoms with Crippen LogP contribution >= 0.6 is 0 Å². The van der Waals surface area contributed by atoms with E-state index in [9.17, 15) is 9.59 Å². The van der Waals surface area contributed by atoms with Crippen molar-refractivity contribution in [3.05, 3.63) is 0 Å². The molecule has 0 aliphatic carbocycles. The van der Waals surface area contributed by atoms with Crippen LogP contribution < -0.4 is 16.4 Å². The van der Waals surface area contributed by atoms with Gasteiger partial charge in [0.1, 0.15) is 0 Å². The SMILES string of the molecule is CC(C)NC(=O)CCNC(=O)[C@@H](C)N. The largest absolute Gasteiger partial charge is 0.354 e. The van der Waals surface area contributed by atoms with Gasteiger partial charge in [-0.25, -0.2) is 0 Å². The maximum Gasteiger partial charge on any atom is 0.236 e. The van der Waals surface area contributed by atoms with E-state index in [4.69, 9.17) is 5.73 Å². The van der Waals surface area contributed by atoms with Gasteiger partial charge in [0.25, 0.3) is 0 Å². The van der Waals surface area contributed by atoms with Crippen LogP contribution in [0.1, 0.15) is 27.2 Å². The molecular weight excluding hydrogens is 182 g/mol. The fraction of sp³-hybridized carbons (Fsp3) is 0.778. The Morgan fingerprint density at radius 1 is 1.29 bits per heavy atom. The van der Waals surface area contributed by atoms with E-state index in [0.717, 1.165) is 0 Å². The Hall–Kier alpha value is -1.10. The third-order valence-electron chi connectivity index (χ3n) is 1.51. The summed E-state index contributed by atoms with van der Waals surface area (Å²) in [6.07, 6.45) is 0.288. The van der Waals surface area contributed by atoms with Crippen LogP contribution in [0.25, 0.3) is 0 Å². The summed E-state index contributed by atoms with van der Waals surface area (Å²) in [7, 11) is 0. The third-order valence-corrected chi connectivity index (χ3v) is 1.51. The summed E-state index contributed by atoms with van der Waals surface area (Å²) >= 11 is 0. The molecule has 0 saturated carbocycles. The number of amides is 2. The van der Waals surface area contributed by atoms with E-state index in [1.807, 2.05) is 13.8 Å². The summed E-state index contributed by atoms with van der Waals surface area (Å²) in [4.78, 5) is 22.1. The van der Waals surface area contributed by atoms with Gasteiger partial charge in [0.2, 0.25) is 11.8 Å². The van der Waals surface area contributed by atoms with Crippen molar-refractivity contribution >= 4 is 11.8 Å². The topological polar surface area (TPSA) is 84.2 Å². The second kappa shape index (κ2) is 6.37. The van der Waals surface area contributed by atoms with Crippen molar-refractivity contribution in [1.29, 1.82) is 0 Å². The number of rotatable bonds is 5. The fourth-order valence-corrected chi connectivity index (χ4v) is 0.854. The summed E-state index contributed by atoms with van der Waals surface area (Å²) < 4.78 is 0. The van der Waals surface area contributed by atoms with Crippen molar-refractivity contribution in [1.82, 2.24) is 10.6 Å². The second-order valence-electron chi connectivity index (χ2n) is 3.55. The first-order valence-electron chi connectivity index (χ1n) is 4.76. The first-order valence-corrected chi connectivity index (χ1v) is 4.76. The van der Waals surface area contributed by atoms with Crippen molar-refractivity contribution in [3.63, 3.8) is 0 Å². The molecule has 0 saturated heterocycles. The van der Waals surface area contributed by atoms with Gasteiger partial charge in [0, 0.05) is 19.0 Å². The van der Waals surface area contributed by atoms with Gasteiger partial charge in [-0.15, -0.1) is 0 Å². The molecule has 0 aliphatic rings. The van der Waals surface area contributed by atoms with Crippen LogP contribution in [0.15, 0.2) is 0 Å². The first kappa shape index (κ1) is 12.9. The molecule has 5 heteroatoms. The molecule has 82 valence electrons. The average Bonchev–Trinajstić information content (AvgIpc) is 2.02. The second-order valence-corrected chi connectivity index (χ2v) is 3.55. The summed E-state index contributed by atoms with van der Waals surface area (Å²) in [6, 6.07) is -0.394. The monoisotopic (exact) mass is 201 g/mol. The molecule has 0 unspecified atom stereocenters. The van der Waals surface area contributed by atoms with Crippen LogP contribution in [0.5, 0.6) is 0 Å². The Balaban J connectivity index is 3.54. The molecule has 0 spiro atoms. The number of carbonyl (C=O) groups is 2. The first-order chi connectivity index (χ1) is 6.43. The van der Waals surface area contributed by atoms with Crippen molar-refractivity contribution in [2.75, 3.05) is 6.54 Å². The highest BCUT2D eigenvalue weighted by Crippen LogP contribution is 1.83. The maximum atomic E-state index is 11.1. The number of carbonyl (C=O) groups excluding carboxylic acids is 2. The lowest BCUT2D eigenvalue weighted by Crippen LogP contribution is -2.40. The molecule has 0 aliphatic heterocycles. The van der Waals surface area contributed by atoms with E-state index in [1.54, 1.807) is 6.92 Å². The van der Waals surface area contributed by atoms with Gasteiger partial charge in [-0.05, 0) is 20.8 Å². The quantitative estimate of drug-likeness (QED) is 0.553. The standard InChI is InChI=1S/C9H19N3O2/c1-6(2)12-8(13)4-5-11-9(14)7(3)10/h6-7H,4-5,10H2,1-3H3,(H,11,14)(H,12,13)/t7-/m1/s1. The average molecular weight is 201 g/mol. The number of hydrogen-bond acceptors (Lipinski definition) is 3. The molecule has 2 amide bonds. The van der Waals surface area contributed by atoms with E-state index < -0.39 is 6.04 Å². The molecule has 14 heavy (non-hydrogen) atoms. The lowest BCUT2D eigenvalue weighted by Gasteiger charge is -2.09. The molecule has 0 aromatic carbocycles. The Morgan fingerprint density at radius 2 is 1.86 bits per heavy atom. The predicted octanol–water partition coefficient (Wildman–Crippen LogP) is -0.635. The Kier molecular flexibility index (Phi) is 5.87. The molecule has 0 aromatic heterocycles. The Labute approximate surface area is 84.4 Å². The summed E-state index contributed by atoms with van der Waals surface area (Å²) in [6.45, 7) is 5.71. The van der Waals surface area contributed by atoms with Crippen molar-refractivity contribution in [3.8, 4) is 0 Å². The highest BCUT2D eigenvalue weighted by molar-refractivity contribution is 5.82. The normalized spacial score (nSPS) is 12.4. The zero-order valence-electron chi connectivity index (χ0n) is 8.96. The minimum absolute atomic E-state index is 0.0648. The van der Waals surface area contributed by atoms with Crippen LogP contribution in [-0.2, 0) is 9.59 Å². The third kappa shape index (κ3) is 6.42. The van der Waals surface area contributed by atoms with Gasteiger partial charge in [-0.1, -0.05) is 0 Å². The van der Waals surface area contributed by atoms with Gasteiger partial charge in [-0.3, -0.25) is 9.59 Å². The summed E-state index contributed by atoms with van der Waals surface area (Å²) in [5.41, 5.74) is 5.32. The van der Waals surface area contributed by atoms with Crippen molar-refractivity contribution < 1.29 is 9.59 Å². The molecule has 0 aromatic rings. The van der Waals surface area contributed by atoms with E-state index in [0.29, 0.717) is 6.54 Å². The molecule has 0 fully saturated rings. The predicted molar refractivity (Wildman–Crippen MR) is 54.6 cm³/mol. The smallest absolute Gasteiger partial charge is 0.236 e. The van der Waals surface area contributed by atoms with Gasteiger partial charge >= 0.3 is 0 Å². The van der Waals surface area contributed by atoms with Gasteiger partial charge in [0.15, 0.2) is 0 Å². The van der Waals surface area contributed by atoms with E-state index in [1.165, 1.54) is 0 Å². The molecule has 0 radical (unpaired) electrons. The molecule has 4 N–H and O–H groups in total. The summed E-state index contributed by atoms with van der Waals surface area (Å²) in [5, 5.41) is 5.29. The van der Waals surface area contributed by atoms with Crippen molar-refractivity contribution in [2.45, 2.75) is 39.3 Å².